The smallest absolute Gasteiger partial charge is 0.279 e. The molecule has 150 valence electrons. The van der Waals surface area contributed by atoms with Gasteiger partial charge >= 0.3 is 0 Å². The molecule has 0 saturated heterocycles. The molecule has 2 heterocycles. The molecule has 0 fully saturated rings. The predicted molar refractivity (Wildman–Crippen MR) is 111 cm³/mol. The quantitative estimate of drug-likeness (QED) is 0.549. The molecule has 0 spiro atoms. The number of nitrogens with zero attached hydrogens (tertiary/aromatic N) is 2. The summed E-state index contributed by atoms with van der Waals surface area (Å²) in [5.41, 5.74) is 2.44. The highest BCUT2D eigenvalue weighted by Crippen LogP contribution is 2.13. The minimum atomic E-state index is -0.147. The van der Waals surface area contributed by atoms with Crippen molar-refractivity contribution in [3.8, 4) is 0 Å². The molecule has 8 nitrogen and oxygen atoms in total. The number of anilines is 2. The molecule has 2 amide bonds. The fourth-order valence-corrected chi connectivity index (χ4v) is 3.03. The van der Waals surface area contributed by atoms with Gasteiger partial charge in [0.25, 0.3) is 11.5 Å². The van der Waals surface area contributed by atoms with Crippen LogP contribution in [0.1, 0.15) is 19.5 Å². The van der Waals surface area contributed by atoms with Crippen LogP contribution in [0.4, 0.5) is 11.4 Å². The van der Waals surface area contributed by atoms with Crippen LogP contribution >= 0.6 is 0 Å². The second kappa shape index (κ2) is 9.11. The van der Waals surface area contributed by atoms with Crippen molar-refractivity contribution in [1.82, 2.24) is 9.38 Å². The molecular formula is C21H24N5O3+. The molecule has 2 aromatic heterocycles. The number of likely N-dealkylation sites (N-methyl/N-ethyl adjacent to an activating group) is 1. The van der Waals surface area contributed by atoms with E-state index in [1.807, 2.05) is 13.0 Å². The van der Waals surface area contributed by atoms with Crippen LogP contribution in [-0.2, 0) is 16.1 Å². The Kier molecular flexibility index (Phi) is 6.36. The molecule has 1 unspecified atom stereocenters. The van der Waals surface area contributed by atoms with Gasteiger partial charge in [-0.15, -0.1) is 0 Å². The number of nitrogens with one attached hydrogen (secondary N) is 3. The molecule has 0 radical (unpaired) electrons. The number of carbonyl (C=O) groups is 2. The number of carbonyl (C=O) groups excluding carboxylic acids is 2. The highest BCUT2D eigenvalue weighted by molar-refractivity contribution is 5.92. The van der Waals surface area contributed by atoms with E-state index in [0.717, 1.165) is 4.90 Å². The van der Waals surface area contributed by atoms with Gasteiger partial charge in [-0.05, 0) is 43.3 Å². The molecule has 8 heteroatoms. The van der Waals surface area contributed by atoms with Crippen LogP contribution in [-0.4, -0.2) is 34.3 Å². The first kappa shape index (κ1) is 20.2. The number of quaternary nitrogens is 1. The Bertz CT molecular complexity index is 1080. The van der Waals surface area contributed by atoms with E-state index < -0.39 is 0 Å². The zero-order valence-electron chi connectivity index (χ0n) is 16.4. The van der Waals surface area contributed by atoms with Crippen LogP contribution in [0.2, 0.25) is 0 Å². The number of hydrogen-bond acceptors (Lipinski definition) is 4. The monoisotopic (exact) mass is 394 g/mol. The van der Waals surface area contributed by atoms with Gasteiger partial charge in [-0.3, -0.25) is 18.8 Å². The largest absolute Gasteiger partial charge is 0.326 e. The van der Waals surface area contributed by atoms with Crippen LogP contribution < -0.4 is 21.1 Å². The van der Waals surface area contributed by atoms with Gasteiger partial charge in [0.1, 0.15) is 17.9 Å². The summed E-state index contributed by atoms with van der Waals surface area (Å²) in [6.45, 7) is 4.87. The fraction of sp³-hybridized carbons (Fsp3) is 0.238. The molecule has 0 aliphatic carbocycles. The van der Waals surface area contributed by atoms with Gasteiger partial charge in [0.05, 0.1) is 6.54 Å². The number of fused-ring (bicyclic) bond motifs is 1. The van der Waals surface area contributed by atoms with E-state index in [2.05, 4.69) is 15.6 Å². The van der Waals surface area contributed by atoms with Crippen molar-refractivity contribution in [2.45, 2.75) is 20.4 Å². The summed E-state index contributed by atoms with van der Waals surface area (Å²) in [7, 11) is 0. The third-order valence-electron chi connectivity index (χ3n) is 4.45. The van der Waals surface area contributed by atoms with Gasteiger partial charge in [0.2, 0.25) is 5.91 Å². The summed E-state index contributed by atoms with van der Waals surface area (Å²) in [4.78, 5) is 41.2. The van der Waals surface area contributed by atoms with Crippen molar-refractivity contribution in [3.05, 3.63) is 70.8 Å². The number of aromatic nitrogens is 2. The van der Waals surface area contributed by atoms with Crippen molar-refractivity contribution in [2.75, 3.05) is 23.7 Å². The predicted octanol–water partition coefficient (Wildman–Crippen LogP) is 0.696. The summed E-state index contributed by atoms with van der Waals surface area (Å²) in [6, 6.07) is 13.9. The molecule has 3 N–H and O–H groups in total. The van der Waals surface area contributed by atoms with Crippen LogP contribution in [0, 0.1) is 0 Å². The lowest BCUT2D eigenvalue weighted by Crippen LogP contribution is -3.11. The highest BCUT2D eigenvalue weighted by Gasteiger charge is 2.15. The zero-order valence-corrected chi connectivity index (χ0v) is 16.4. The Morgan fingerprint density at radius 2 is 1.76 bits per heavy atom. The molecule has 0 aliphatic rings. The molecule has 0 bridgehead atoms. The molecule has 29 heavy (non-hydrogen) atoms. The van der Waals surface area contributed by atoms with Crippen molar-refractivity contribution in [2.24, 2.45) is 0 Å². The number of hydrogen-bond donors (Lipinski definition) is 3. The normalized spacial score (nSPS) is 11.8. The summed E-state index contributed by atoms with van der Waals surface area (Å²) in [6.07, 6.45) is 1.68. The lowest BCUT2D eigenvalue weighted by Gasteiger charge is -2.17. The Morgan fingerprint density at radius 1 is 1.07 bits per heavy atom. The maximum atomic E-state index is 12.4. The third kappa shape index (κ3) is 5.49. The van der Waals surface area contributed by atoms with Gasteiger partial charge in [-0.25, -0.2) is 4.98 Å². The summed E-state index contributed by atoms with van der Waals surface area (Å²) >= 11 is 0. The number of pyridine rings is 1. The van der Waals surface area contributed by atoms with E-state index in [4.69, 9.17) is 0 Å². The van der Waals surface area contributed by atoms with Gasteiger partial charge in [-0.1, -0.05) is 6.07 Å². The maximum Gasteiger partial charge on any atom is 0.279 e. The van der Waals surface area contributed by atoms with Crippen molar-refractivity contribution < 1.29 is 14.5 Å². The first-order chi connectivity index (χ1) is 13.9. The molecule has 1 atom stereocenters. The first-order valence-corrected chi connectivity index (χ1v) is 9.43. The van der Waals surface area contributed by atoms with Crippen molar-refractivity contribution in [3.63, 3.8) is 0 Å². The topological polar surface area (TPSA) is 97.0 Å². The molecule has 1 aromatic carbocycles. The minimum Gasteiger partial charge on any atom is -0.326 e. The lowest BCUT2D eigenvalue weighted by molar-refractivity contribution is -0.904. The Morgan fingerprint density at radius 3 is 2.41 bits per heavy atom. The molecule has 3 rings (SSSR count). The summed E-state index contributed by atoms with van der Waals surface area (Å²) in [5.74, 6) is -0.280. The van der Waals surface area contributed by atoms with E-state index in [0.29, 0.717) is 35.8 Å². The van der Waals surface area contributed by atoms with Crippen LogP contribution in [0.25, 0.3) is 5.65 Å². The second-order valence-electron chi connectivity index (χ2n) is 6.78. The van der Waals surface area contributed by atoms with Gasteiger partial charge in [0.15, 0.2) is 6.54 Å². The van der Waals surface area contributed by atoms with E-state index >= 15 is 0 Å². The highest BCUT2D eigenvalue weighted by atomic mass is 16.2. The Hall–Kier alpha value is -3.52. The average Bonchev–Trinajstić information content (AvgIpc) is 2.68. The van der Waals surface area contributed by atoms with Crippen molar-refractivity contribution in [1.29, 1.82) is 0 Å². The standard InChI is InChI=1S/C21H23N5O3/c1-3-25(13-18-12-21(29)26-11-5-4-6-19(26)23-18)14-20(28)24-17-9-7-16(8-10-17)22-15(2)27/h4-12H,3,13-14H2,1-2H3,(H,22,27)(H,24,28)/p+1. The van der Waals surface area contributed by atoms with E-state index in [9.17, 15) is 14.4 Å². The van der Waals surface area contributed by atoms with E-state index in [-0.39, 0.29) is 23.9 Å². The molecule has 0 aliphatic heterocycles. The van der Waals surface area contributed by atoms with Gasteiger partial charge < -0.3 is 15.5 Å². The first-order valence-electron chi connectivity index (χ1n) is 9.43. The summed E-state index contributed by atoms with van der Waals surface area (Å²) in [5, 5.41) is 5.54. The number of benzene rings is 1. The SMILES string of the molecule is CC[NH+](CC(=O)Nc1ccc(NC(C)=O)cc1)Cc1cc(=O)n2ccccc2n1. The number of rotatable bonds is 7. The third-order valence-corrected chi connectivity index (χ3v) is 4.45. The molecule has 3 aromatic rings. The van der Waals surface area contributed by atoms with Crippen LogP contribution in [0.5, 0.6) is 0 Å². The second-order valence-corrected chi connectivity index (χ2v) is 6.78. The minimum absolute atomic E-state index is 0.133. The average molecular weight is 394 g/mol. The van der Waals surface area contributed by atoms with Gasteiger partial charge in [0, 0.05) is 30.6 Å². The summed E-state index contributed by atoms with van der Waals surface area (Å²) < 4.78 is 1.49. The molecular weight excluding hydrogens is 370 g/mol. The number of amides is 2. The van der Waals surface area contributed by atoms with Gasteiger partial charge in [-0.2, -0.15) is 0 Å². The van der Waals surface area contributed by atoms with Crippen molar-refractivity contribution >= 4 is 28.8 Å². The Labute approximate surface area is 168 Å². The lowest BCUT2D eigenvalue weighted by atomic mass is 10.2. The van der Waals surface area contributed by atoms with E-state index in [1.54, 1.807) is 42.6 Å². The van der Waals surface area contributed by atoms with Crippen LogP contribution in [0.3, 0.4) is 0 Å². The zero-order chi connectivity index (χ0) is 20.8. The molecule has 0 saturated carbocycles. The maximum absolute atomic E-state index is 12.4. The van der Waals surface area contributed by atoms with E-state index in [1.165, 1.54) is 17.4 Å². The van der Waals surface area contributed by atoms with Crippen LogP contribution in [0.15, 0.2) is 59.5 Å². The fourth-order valence-electron chi connectivity index (χ4n) is 3.03. The Balaban J connectivity index is 1.63.